The number of carboxylic acid groups (broad SMARTS) is 2. The Morgan fingerprint density at radius 1 is 0.489 bits per heavy atom. The largest absolute Gasteiger partial charge is 0.481 e. The number of nitrogens with zero attached hydrogens (tertiary/aromatic N) is 1. The van der Waals surface area contributed by atoms with Crippen molar-refractivity contribution in [1.82, 2.24) is 4.90 Å². The molecule has 7 nitrogen and oxygen atoms in total. The lowest BCUT2D eigenvalue weighted by Gasteiger charge is -2.26. The maximum atomic E-state index is 13.2. The van der Waals surface area contributed by atoms with E-state index in [2.05, 4.69) is 13.8 Å². The number of nitrogens with two attached hydrogens (primary N) is 1. The number of unbranched alkanes of at least 4 members (excludes halogenated alkanes) is 20. The van der Waals surface area contributed by atoms with Crippen molar-refractivity contribution in [3.63, 3.8) is 0 Å². The van der Waals surface area contributed by atoms with E-state index in [1.807, 2.05) is 0 Å². The van der Waals surface area contributed by atoms with E-state index >= 15 is 0 Å². The highest BCUT2D eigenvalue weighted by Crippen LogP contribution is 2.21. The molecule has 0 heterocycles. The Balaban J connectivity index is 4.69. The average Bonchev–Trinajstić information content (AvgIpc) is 3.02. The molecular formula is C38H74N2O5. The van der Waals surface area contributed by atoms with E-state index in [1.165, 1.54) is 89.9 Å². The minimum atomic E-state index is -0.786. The first-order chi connectivity index (χ1) is 21.9. The van der Waals surface area contributed by atoms with Gasteiger partial charge in [-0.1, -0.05) is 149 Å². The Morgan fingerprint density at radius 2 is 0.822 bits per heavy atom. The number of hydrogen-bond donors (Lipinski definition) is 3. The van der Waals surface area contributed by atoms with E-state index in [1.54, 1.807) is 4.90 Å². The molecule has 1 amide bonds. The molecule has 45 heavy (non-hydrogen) atoms. The van der Waals surface area contributed by atoms with Crippen LogP contribution in [0.5, 0.6) is 0 Å². The molecule has 0 aromatic rings. The van der Waals surface area contributed by atoms with Crippen molar-refractivity contribution in [1.29, 1.82) is 0 Å². The van der Waals surface area contributed by atoms with Gasteiger partial charge in [-0.2, -0.15) is 0 Å². The smallest absolute Gasteiger partial charge is 0.306 e. The van der Waals surface area contributed by atoms with Crippen LogP contribution in [0, 0.1) is 11.8 Å². The van der Waals surface area contributed by atoms with Gasteiger partial charge in [-0.05, 0) is 45.1 Å². The maximum Gasteiger partial charge on any atom is 0.306 e. The van der Waals surface area contributed by atoms with Gasteiger partial charge in [0.15, 0.2) is 0 Å². The van der Waals surface area contributed by atoms with Crippen LogP contribution in [-0.2, 0) is 14.4 Å². The molecule has 0 aromatic heterocycles. The van der Waals surface area contributed by atoms with Gasteiger partial charge in [0.05, 0.1) is 11.8 Å². The van der Waals surface area contributed by atoms with Crippen molar-refractivity contribution in [3.05, 3.63) is 0 Å². The lowest BCUT2D eigenvalue weighted by Crippen LogP contribution is -2.36. The molecule has 0 rings (SSSR count). The third-order valence-corrected chi connectivity index (χ3v) is 9.45. The predicted molar refractivity (Wildman–Crippen MR) is 189 cm³/mol. The van der Waals surface area contributed by atoms with Crippen molar-refractivity contribution in [3.8, 4) is 0 Å². The van der Waals surface area contributed by atoms with E-state index in [4.69, 9.17) is 5.73 Å². The molecule has 2 atom stereocenters. The molecule has 4 N–H and O–H groups in total. The van der Waals surface area contributed by atoms with Crippen LogP contribution < -0.4 is 5.73 Å². The zero-order valence-corrected chi connectivity index (χ0v) is 29.7. The van der Waals surface area contributed by atoms with Gasteiger partial charge in [0, 0.05) is 19.5 Å². The van der Waals surface area contributed by atoms with Crippen molar-refractivity contribution in [2.75, 3.05) is 19.6 Å². The Bertz CT molecular complexity index is 656. The van der Waals surface area contributed by atoms with Crippen LogP contribution in [0.1, 0.15) is 194 Å². The first kappa shape index (κ1) is 43.4. The van der Waals surface area contributed by atoms with Crippen LogP contribution in [0.15, 0.2) is 0 Å². The summed E-state index contributed by atoms with van der Waals surface area (Å²) in [5.74, 6) is -2.49. The summed E-state index contributed by atoms with van der Waals surface area (Å²) in [6, 6.07) is 0. The molecule has 2 unspecified atom stereocenters. The number of carbonyl (C=O) groups excluding carboxylic acids is 1. The van der Waals surface area contributed by atoms with Crippen LogP contribution in [-0.4, -0.2) is 52.6 Å². The molecule has 0 fully saturated rings. The zero-order valence-electron chi connectivity index (χ0n) is 29.7. The van der Waals surface area contributed by atoms with Crippen molar-refractivity contribution < 1.29 is 24.6 Å². The number of rotatable bonds is 35. The fourth-order valence-electron chi connectivity index (χ4n) is 6.28. The molecule has 7 heteroatoms. The maximum absolute atomic E-state index is 13.2. The molecule has 0 spiro atoms. The van der Waals surface area contributed by atoms with E-state index in [-0.39, 0.29) is 5.91 Å². The second kappa shape index (κ2) is 32.3. The van der Waals surface area contributed by atoms with E-state index < -0.39 is 23.8 Å². The molecule has 0 saturated carbocycles. The number of amides is 1. The summed E-state index contributed by atoms with van der Waals surface area (Å²) >= 11 is 0. The first-order valence-corrected chi connectivity index (χ1v) is 19.3. The van der Waals surface area contributed by atoms with E-state index in [9.17, 15) is 24.6 Å². The van der Waals surface area contributed by atoms with Gasteiger partial charge in [-0.15, -0.1) is 0 Å². The molecule has 0 aromatic carbocycles. The molecule has 0 aliphatic carbocycles. The van der Waals surface area contributed by atoms with Gasteiger partial charge in [0.1, 0.15) is 0 Å². The van der Waals surface area contributed by atoms with E-state index in [0.29, 0.717) is 51.7 Å². The van der Waals surface area contributed by atoms with Gasteiger partial charge < -0.3 is 20.8 Å². The van der Waals surface area contributed by atoms with Crippen LogP contribution in [0.2, 0.25) is 0 Å². The molecule has 0 radical (unpaired) electrons. The Kier molecular flexibility index (Phi) is 31.1. The van der Waals surface area contributed by atoms with Gasteiger partial charge in [-0.3, -0.25) is 14.4 Å². The van der Waals surface area contributed by atoms with Crippen LogP contribution in [0.3, 0.4) is 0 Å². The minimum absolute atomic E-state index is 0.0122. The average molecular weight is 639 g/mol. The van der Waals surface area contributed by atoms with Crippen LogP contribution >= 0.6 is 0 Å². The van der Waals surface area contributed by atoms with E-state index in [0.717, 1.165) is 57.8 Å². The lowest BCUT2D eigenvalue weighted by atomic mass is 9.95. The normalized spacial score (nSPS) is 12.7. The lowest BCUT2D eigenvalue weighted by molar-refractivity contribution is -0.143. The summed E-state index contributed by atoms with van der Waals surface area (Å²) < 4.78 is 0. The first-order valence-electron chi connectivity index (χ1n) is 19.3. The monoisotopic (exact) mass is 639 g/mol. The Morgan fingerprint density at radius 3 is 1.16 bits per heavy atom. The number of carboxylic acids is 2. The SMILES string of the molecule is CCCCCCCCCCCCC(CCN(CCC(CCCCCCCCCCCC)C(=O)O)C(=O)CCCCCN)C(=O)O. The molecular weight excluding hydrogens is 564 g/mol. The number of aliphatic carboxylic acids is 2. The summed E-state index contributed by atoms with van der Waals surface area (Å²) in [4.78, 5) is 39.0. The molecule has 0 aliphatic heterocycles. The quantitative estimate of drug-likeness (QED) is 0.0594. The van der Waals surface area contributed by atoms with Crippen LogP contribution in [0.25, 0.3) is 0 Å². The predicted octanol–water partition coefficient (Wildman–Crippen LogP) is 10.1. The van der Waals surface area contributed by atoms with Crippen molar-refractivity contribution >= 4 is 17.8 Å². The Labute approximate surface area is 277 Å². The summed E-state index contributed by atoms with van der Waals surface area (Å²) in [7, 11) is 0. The summed E-state index contributed by atoms with van der Waals surface area (Å²) in [6.45, 7) is 5.85. The Hall–Kier alpha value is -1.63. The summed E-state index contributed by atoms with van der Waals surface area (Å²) in [6.07, 6.45) is 29.4. The molecule has 266 valence electrons. The number of hydrogen-bond acceptors (Lipinski definition) is 4. The zero-order chi connectivity index (χ0) is 33.4. The fourth-order valence-corrected chi connectivity index (χ4v) is 6.28. The second-order valence-corrected chi connectivity index (χ2v) is 13.6. The van der Waals surface area contributed by atoms with Crippen molar-refractivity contribution in [2.24, 2.45) is 17.6 Å². The highest BCUT2D eigenvalue weighted by molar-refractivity contribution is 5.76. The third-order valence-electron chi connectivity index (χ3n) is 9.45. The summed E-state index contributed by atoms with van der Waals surface area (Å²) in [5.41, 5.74) is 5.61. The molecule has 0 bridgehead atoms. The highest BCUT2D eigenvalue weighted by atomic mass is 16.4. The van der Waals surface area contributed by atoms with Gasteiger partial charge in [-0.25, -0.2) is 0 Å². The standard InChI is InChI=1S/C38H74N2O5/c1-3-5-7-9-11-13-15-17-19-22-26-34(37(42)43)29-32-40(36(41)28-24-21-25-31-39)33-30-35(38(44)45)27-23-20-18-16-14-12-10-8-6-4-2/h34-35H,3-33,39H2,1-2H3,(H,42,43)(H,44,45). The molecule has 0 aliphatic rings. The summed E-state index contributed by atoms with van der Waals surface area (Å²) in [5, 5.41) is 19.8. The third kappa shape index (κ3) is 27.2. The van der Waals surface area contributed by atoms with Gasteiger partial charge in [0.2, 0.25) is 5.91 Å². The number of carbonyl (C=O) groups is 3. The van der Waals surface area contributed by atoms with Crippen LogP contribution in [0.4, 0.5) is 0 Å². The van der Waals surface area contributed by atoms with Gasteiger partial charge in [0.25, 0.3) is 0 Å². The highest BCUT2D eigenvalue weighted by Gasteiger charge is 2.23. The minimum Gasteiger partial charge on any atom is -0.481 e. The van der Waals surface area contributed by atoms with Crippen molar-refractivity contribution in [2.45, 2.75) is 194 Å². The topological polar surface area (TPSA) is 121 Å². The molecule has 0 saturated heterocycles. The second-order valence-electron chi connectivity index (χ2n) is 13.6. The fraction of sp³-hybridized carbons (Fsp3) is 0.921. The van der Waals surface area contributed by atoms with Gasteiger partial charge >= 0.3 is 11.9 Å².